The Balaban J connectivity index is 4.06. The molecule has 0 saturated carbocycles. The van der Waals surface area contributed by atoms with Crippen molar-refractivity contribution in [3.05, 3.63) is 0 Å². The molecule has 10 heavy (non-hydrogen) atoms. The normalized spacial score (nSPS) is 11.4. The van der Waals surface area contributed by atoms with Gasteiger partial charge in [0.05, 0.1) is 5.25 Å². The Morgan fingerprint density at radius 1 is 1.60 bits per heavy atom. The van der Waals surface area contributed by atoms with Crippen molar-refractivity contribution in [3.8, 4) is 12.3 Å². The molecule has 0 rings (SSSR count). The van der Waals surface area contributed by atoms with Gasteiger partial charge in [0.2, 0.25) is 0 Å². The molecule has 0 N–H and O–H groups in total. The van der Waals surface area contributed by atoms with E-state index in [4.69, 9.17) is 6.42 Å². The van der Waals surface area contributed by atoms with Gasteiger partial charge in [-0.1, -0.05) is 5.92 Å². The Labute approximate surface area is 61.5 Å². The van der Waals surface area contributed by atoms with Crippen LogP contribution in [0.25, 0.3) is 0 Å². The predicted octanol–water partition coefficient (Wildman–Crippen LogP) is 0.374. The minimum Gasteiger partial charge on any atom is -0.257 e. The molecular formula is C6H10O3S. The zero-order chi connectivity index (χ0) is 8.20. The van der Waals surface area contributed by atoms with Gasteiger partial charge in [0.15, 0.2) is 0 Å². The third-order valence-corrected chi connectivity index (χ3v) is 2.48. The summed E-state index contributed by atoms with van der Waals surface area (Å²) in [6.07, 6.45) is 4.80. The summed E-state index contributed by atoms with van der Waals surface area (Å²) in [5.74, 6) is 2.08. The summed E-state index contributed by atoms with van der Waals surface area (Å²) in [4.78, 5) is 0. The standard InChI is InChI=1S/C6H10O3S/c1-4-5-9-10(7,8)6(2)3/h1,6H,5H2,2-3H3. The van der Waals surface area contributed by atoms with E-state index >= 15 is 0 Å². The van der Waals surface area contributed by atoms with Gasteiger partial charge in [-0.3, -0.25) is 4.18 Å². The molecule has 0 aliphatic carbocycles. The Morgan fingerprint density at radius 3 is 2.40 bits per heavy atom. The second-order valence-corrected chi connectivity index (χ2v) is 4.17. The van der Waals surface area contributed by atoms with Crippen LogP contribution in [0.15, 0.2) is 0 Å². The summed E-state index contributed by atoms with van der Waals surface area (Å²) >= 11 is 0. The number of rotatable bonds is 3. The molecule has 0 aliphatic heterocycles. The Hall–Kier alpha value is -0.530. The third-order valence-electron chi connectivity index (χ3n) is 0.884. The van der Waals surface area contributed by atoms with Crippen LogP contribution in [0.1, 0.15) is 13.8 Å². The van der Waals surface area contributed by atoms with E-state index in [1.54, 1.807) is 0 Å². The fourth-order valence-electron chi connectivity index (χ4n) is 0.252. The molecule has 0 aliphatic rings. The highest BCUT2D eigenvalue weighted by Crippen LogP contribution is 2.00. The smallest absolute Gasteiger partial charge is 0.257 e. The molecule has 3 nitrogen and oxygen atoms in total. The molecule has 0 aromatic carbocycles. The maximum absolute atomic E-state index is 10.8. The first-order chi connectivity index (χ1) is 4.50. The fraction of sp³-hybridized carbons (Fsp3) is 0.667. The fourth-order valence-corrected chi connectivity index (χ4v) is 0.757. The van der Waals surface area contributed by atoms with Crippen molar-refractivity contribution in [2.75, 3.05) is 6.61 Å². The molecule has 0 bridgehead atoms. The molecule has 0 aromatic rings. The lowest BCUT2D eigenvalue weighted by atomic mass is 10.6. The minimum atomic E-state index is -3.40. The molecule has 0 atom stereocenters. The second-order valence-electron chi connectivity index (χ2n) is 2.01. The quantitative estimate of drug-likeness (QED) is 0.445. The monoisotopic (exact) mass is 162 g/mol. The predicted molar refractivity (Wildman–Crippen MR) is 38.8 cm³/mol. The summed E-state index contributed by atoms with van der Waals surface area (Å²) < 4.78 is 25.9. The van der Waals surface area contributed by atoms with Crippen molar-refractivity contribution in [2.24, 2.45) is 0 Å². The van der Waals surface area contributed by atoms with Crippen LogP contribution in [0, 0.1) is 12.3 Å². The van der Waals surface area contributed by atoms with Crippen LogP contribution in [0.3, 0.4) is 0 Å². The molecular weight excluding hydrogens is 152 g/mol. The lowest BCUT2D eigenvalue weighted by Crippen LogP contribution is -2.17. The van der Waals surface area contributed by atoms with Crippen LogP contribution in [0.4, 0.5) is 0 Å². The van der Waals surface area contributed by atoms with Crippen LogP contribution in [-0.4, -0.2) is 20.3 Å². The summed E-state index contributed by atoms with van der Waals surface area (Å²) in [5, 5.41) is -0.527. The van der Waals surface area contributed by atoms with E-state index in [0.717, 1.165) is 0 Å². The lowest BCUT2D eigenvalue weighted by molar-refractivity contribution is 0.358. The van der Waals surface area contributed by atoms with E-state index in [1.807, 2.05) is 0 Å². The topological polar surface area (TPSA) is 43.4 Å². The van der Waals surface area contributed by atoms with E-state index < -0.39 is 15.4 Å². The largest absolute Gasteiger partial charge is 0.270 e. The van der Waals surface area contributed by atoms with Gasteiger partial charge in [-0.15, -0.1) is 6.42 Å². The van der Waals surface area contributed by atoms with Crippen molar-refractivity contribution in [2.45, 2.75) is 19.1 Å². The van der Waals surface area contributed by atoms with Gasteiger partial charge in [0.25, 0.3) is 10.1 Å². The molecule has 4 heteroatoms. The SMILES string of the molecule is C#CCOS(=O)(=O)C(C)C. The van der Waals surface area contributed by atoms with Crippen molar-refractivity contribution in [1.29, 1.82) is 0 Å². The molecule has 58 valence electrons. The van der Waals surface area contributed by atoms with Crippen LogP contribution in [-0.2, 0) is 14.3 Å². The number of terminal acetylenes is 1. The Bertz CT molecular complexity index is 220. The average Bonchev–Trinajstić information content (AvgIpc) is 1.84. The maximum Gasteiger partial charge on any atom is 0.270 e. The molecule has 0 heterocycles. The zero-order valence-electron chi connectivity index (χ0n) is 5.99. The molecule has 0 fully saturated rings. The van der Waals surface area contributed by atoms with E-state index in [0.29, 0.717) is 0 Å². The average molecular weight is 162 g/mol. The molecule has 0 spiro atoms. The van der Waals surface area contributed by atoms with E-state index in [-0.39, 0.29) is 6.61 Å². The number of hydrogen-bond acceptors (Lipinski definition) is 3. The van der Waals surface area contributed by atoms with Crippen molar-refractivity contribution >= 4 is 10.1 Å². The minimum absolute atomic E-state index is 0.180. The van der Waals surface area contributed by atoms with Gasteiger partial charge in [-0.05, 0) is 13.8 Å². The van der Waals surface area contributed by atoms with Crippen LogP contribution >= 0.6 is 0 Å². The summed E-state index contributed by atoms with van der Waals surface area (Å²) in [6.45, 7) is 2.89. The first kappa shape index (κ1) is 9.47. The number of hydrogen-bond donors (Lipinski definition) is 0. The first-order valence-corrected chi connectivity index (χ1v) is 4.29. The highest BCUT2D eigenvalue weighted by molar-refractivity contribution is 7.87. The molecule has 0 unspecified atom stereocenters. The van der Waals surface area contributed by atoms with Crippen molar-refractivity contribution in [1.82, 2.24) is 0 Å². The lowest BCUT2D eigenvalue weighted by Gasteiger charge is -2.04. The van der Waals surface area contributed by atoms with E-state index in [9.17, 15) is 8.42 Å². The third kappa shape index (κ3) is 2.85. The maximum atomic E-state index is 10.8. The zero-order valence-corrected chi connectivity index (χ0v) is 6.81. The van der Waals surface area contributed by atoms with Crippen LogP contribution in [0.2, 0.25) is 0 Å². The van der Waals surface area contributed by atoms with Gasteiger partial charge >= 0.3 is 0 Å². The molecule has 0 radical (unpaired) electrons. The van der Waals surface area contributed by atoms with Gasteiger partial charge in [0.1, 0.15) is 6.61 Å². The summed E-state index contributed by atoms with van der Waals surface area (Å²) in [6, 6.07) is 0. The Kier molecular flexibility index (Phi) is 3.40. The highest BCUT2D eigenvalue weighted by Gasteiger charge is 2.15. The van der Waals surface area contributed by atoms with Crippen molar-refractivity contribution < 1.29 is 12.6 Å². The highest BCUT2D eigenvalue weighted by atomic mass is 32.2. The van der Waals surface area contributed by atoms with Gasteiger partial charge in [0, 0.05) is 0 Å². The van der Waals surface area contributed by atoms with Crippen molar-refractivity contribution in [3.63, 3.8) is 0 Å². The summed E-state index contributed by atoms with van der Waals surface area (Å²) in [5.41, 5.74) is 0. The second kappa shape index (κ2) is 3.59. The summed E-state index contributed by atoms with van der Waals surface area (Å²) in [7, 11) is -3.40. The van der Waals surface area contributed by atoms with E-state index in [2.05, 4.69) is 10.1 Å². The van der Waals surface area contributed by atoms with Gasteiger partial charge in [-0.25, -0.2) is 0 Å². The van der Waals surface area contributed by atoms with E-state index in [1.165, 1.54) is 13.8 Å². The molecule has 0 amide bonds. The van der Waals surface area contributed by atoms with Crippen LogP contribution < -0.4 is 0 Å². The Morgan fingerprint density at radius 2 is 2.10 bits per heavy atom. The molecule has 0 aromatic heterocycles. The molecule has 0 saturated heterocycles. The van der Waals surface area contributed by atoms with Gasteiger partial charge in [-0.2, -0.15) is 8.42 Å². The first-order valence-electron chi connectivity index (χ1n) is 2.82. The van der Waals surface area contributed by atoms with Gasteiger partial charge < -0.3 is 0 Å². The van der Waals surface area contributed by atoms with Crippen LogP contribution in [0.5, 0.6) is 0 Å².